The summed E-state index contributed by atoms with van der Waals surface area (Å²) in [5.74, 6) is 0.0643. The van der Waals surface area contributed by atoms with E-state index in [0.29, 0.717) is 69.1 Å². The maximum absolute atomic E-state index is 16.1. The number of alkyl halides is 3. The van der Waals surface area contributed by atoms with Crippen LogP contribution in [0.25, 0.3) is 0 Å². The first-order chi connectivity index (χ1) is 16.4. The highest BCUT2D eigenvalue weighted by Crippen LogP contribution is 2.69. The number of nitrogens with zero attached hydrogens (tertiary/aromatic N) is 1. The van der Waals surface area contributed by atoms with E-state index in [4.69, 9.17) is 27.9 Å². The smallest absolute Gasteiger partial charge is 0.228 e. The average molecular weight is 555 g/mol. The highest BCUT2D eigenvalue weighted by Gasteiger charge is 2.56. The minimum Gasteiger partial charge on any atom is -0.381 e. The van der Waals surface area contributed by atoms with Crippen molar-refractivity contribution in [2.45, 2.75) is 106 Å². The van der Waals surface area contributed by atoms with Gasteiger partial charge in [-0.1, -0.05) is 26.8 Å². The summed E-state index contributed by atoms with van der Waals surface area (Å²) in [6, 6.07) is -0.690. The molecule has 0 radical (unpaired) electrons. The Morgan fingerprint density at radius 2 is 1.86 bits per heavy atom. The lowest BCUT2D eigenvalue weighted by atomic mass is 9.73. The first-order valence-corrected chi connectivity index (χ1v) is 15.6. The summed E-state index contributed by atoms with van der Waals surface area (Å²) < 4.78 is 44.4. The van der Waals surface area contributed by atoms with Crippen molar-refractivity contribution in [1.82, 2.24) is 4.90 Å². The molecule has 9 heteroatoms. The van der Waals surface area contributed by atoms with Crippen LogP contribution in [0, 0.1) is 17.3 Å². The van der Waals surface area contributed by atoms with Gasteiger partial charge in [0.15, 0.2) is 0 Å². The van der Waals surface area contributed by atoms with Crippen molar-refractivity contribution in [3.8, 4) is 0 Å². The van der Waals surface area contributed by atoms with Crippen LogP contribution in [0.5, 0.6) is 0 Å². The van der Waals surface area contributed by atoms with E-state index in [-0.39, 0.29) is 23.6 Å². The van der Waals surface area contributed by atoms with Crippen LogP contribution in [-0.2, 0) is 9.53 Å². The van der Waals surface area contributed by atoms with Crippen LogP contribution in [0.4, 0.5) is 4.39 Å². The normalized spacial score (nSPS) is 34.7. The highest BCUT2D eigenvalue weighted by atomic mass is 35.5. The van der Waals surface area contributed by atoms with Gasteiger partial charge in [-0.25, -0.2) is 4.39 Å². The molecule has 4 rings (SSSR count). The third kappa shape index (κ3) is 5.70. The molecule has 0 spiro atoms. The molecule has 5 unspecified atom stereocenters. The molecule has 3 fully saturated rings. The third-order valence-electron chi connectivity index (χ3n) is 8.50. The number of amides is 1. The molecule has 5 atom stereocenters. The van der Waals surface area contributed by atoms with Crippen molar-refractivity contribution in [2.75, 3.05) is 19.8 Å². The lowest BCUT2D eigenvalue weighted by Gasteiger charge is -2.59. The fourth-order valence-corrected chi connectivity index (χ4v) is 9.61. The Hall–Kier alpha value is -0.0500. The number of hydrogen-bond acceptors (Lipinski definition) is 4. The van der Waals surface area contributed by atoms with Crippen molar-refractivity contribution in [3.05, 3.63) is 11.0 Å². The molecular formula is C26H42Cl2FNO4S. The van der Waals surface area contributed by atoms with Crippen LogP contribution < -0.4 is 0 Å². The molecule has 1 saturated heterocycles. The predicted octanol–water partition coefficient (Wildman–Crippen LogP) is 6.97. The van der Waals surface area contributed by atoms with Gasteiger partial charge in [0.2, 0.25) is 5.91 Å². The zero-order chi connectivity index (χ0) is 25.6. The van der Waals surface area contributed by atoms with Gasteiger partial charge in [0.05, 0.1) is 16.2 Å². The second-order valence-corrected chi connectivity index (χ2v) is 15.7. The van der Waals surface area contributed by atoms with E-state index in [1.807, 2.05) is 26.8 Å². The molecule has 0 aromatic carbocycles. The summed E-state index contributed by atoms with van der Waals surface area (Å²) in [6.45, 7) is 6.99. The molecule has 2 saturated carbocycles. The Morgan fingerprint density at radius 3 is 2.37 bits per heavy atom. The molecule has 1 heterocycles. The van der Waals surface area contributed by atoms with Gasteiger partial charge in [0.25, 0.3) is 0 Å². The Labute approximate surface area is 221 Å². The molecule has 2 N–H and O–H groups in total. The summed E-state index contributed by atoms with van der Waals surface area (Å²) in [7, 11) is -3.19. The number of hydrogen-bond donors (Lipinski definition) is 2. The molecule has 202 valence electrons. The molecule has 1 aliphatic heterocycles. The number of halogens is 3. The average Bonchev–Trinajstić information content (AvgIpc) is 3.61. The molecule has 0 aromatic rings. The van der Waals surface area contributed by atoms with E-state index in [0.717, 1.165) is 12.8 Å². The van der Waals surface area contributed by atoms with E-state index in [1.165, 1.54) is 0 Å². The quantitative estimate of drug-likeness (QED) is 0.348. The maximum Gasteiger partial charge on any atom is 0.228 e. The summed E-state index contributed by atoms with van der Waals surface area (Å²) in [6.07, 6.45) is 6.13. The molecule has 0 bridgehead atoms. The minimum atomic E-state index is -3.19. The summed E-state index contributed by atoms with van der Waals surface area (Å²) >= 11 is 13.2. The van der Waals surface area contributed by atoms with Crippen LogP contribution in [0.15, 0.2) is 11.0 Å². The molecular weight excluding hydrogens is 512 g/mol. The fraction of sp³-hybridized carbons (Fsp3) is 0.885. The second kappa shape index (κ2) is 10.6. The maximum atomic E-state index is 16.1. The van der Waals surface area contributed by atoms with E-state index in [9.17, 15) is 13.9 Å². The molecule has 3 aliphatic carbocycles. The fourth-order valence-electron chi connectivity index (χ4n) is 6.25. The molecule has 4 aliphatic rings. The first-order valence-electron chi connectivity index (χ1n) is 13.1. The second-order valence-electron chi connectivity index (χ2n) is 12.1. The first kappa shape index (κ1) is 28.0. The van der Waals surface area contributed by atoms with E-state index in [2.05, 4.69) is 0 Å². The summed E-state index contributed by atoms with van der Waals surface area (Å²) in [4.78, 5) is 15.7. The van der Waals surface area contributed by atoms with Crippen LogP contribution >= 0.6 is 33.8 Å². The van der Waals surface area contributed by atoms with Gasteiger partial charge in [-0.2, -0.15) is 10.6 Å². The van der Waals surface area contributed by atoms with Crippen LogP contribution in [-0.4, -0.2) is 67.4 Å². The van der Waals surface area contributed by atoms with Crippen LogP contribution in [0.3, 0.4) is 0 Å². The van der Waals surface area contributed by atoms with Crippen molar-refractivity contribution in [3.63, 3.8) is 0 Å². The predicted molar refractivity (Wildman–Crippen MR) is 142 cm³/mol. The molecule has 1 amide bonds. The van der Waals surface area contributed by atoms with Gasteiger partial charge < -0.3 is 9.64 Å². The monoisotopic (exact) mass is 553 g/mol. The van der Waals surface area contributed by atoms with E-state index >= 15 is 4.39 Å². The lowest BCUT2D eigenvalue weighted by Crippen LogP contribution is -2.60. The minimum absolute atomic E-state index is 0.00951. The van der Waals surface area contributed by atoms with Crippen molar-refractivity contribution < 1.29 is 23.0 Å². The Bertz CT molecular complexity index is 798. The number of carbonyl (C=O) groups is 1. The third-order valence-corrected chi connectivity index (χ3v) is 12.3. The molecule has 0 aromatic heterocycles. The SMILES string of the molecule is CC(C)(C)C(=O)N(CC1CC1)C1C(F)CC(C2(S(O)(O)C3=CCC(Cl)CC3)CCOCC2)CC1Cl. The van der Waals surface area contributed by atoms with Gasteiger partial charge in [-0.3, -0.25) is 13.9 Å². The largest absolute Gasteiger partial charge is 0.381 e. The van der Waals surface area contributed by atoms with Crippen molar-refractivity contribution in [1.29, 1.82) is 0 Å². The molecule has 5 nitrogen and oxygen atoms in total. The number of ether oxygens (including phenoxy) is 1. The Morgan fingerprint density at radius 1 is 1.20 bits per heavy atom. The van der Waals surface area contributed by atoms with Crippen LogP contribution in [0.2, 0.25) is 0 Å². The van der Waals surface area contributed by atoms with E-state index < -0.39 is 38.3 Å². The Kier molecular flexibility index (Phi) is 8.48. The van der Waals surface area contributed by atoms with Crippen LogP contribution in [0.1, 0.15) is 78.6 Å². The van der Waals surface area contributed by atoms with Gasteiger partial charge in [-0.05, 0) is 69.6 Å². The van der Waals surface area contributed by atoms with Crippen molar-refractivity contribution in [2.24, 2.45) is 17.3 Å². The van der Waals surface area contributed by atoms with Gasteiger partial charge in [0.1, 0.15) is 6.17 Å². The van der Waals surface area contributed by atoms with Crippen molar-refractivity contribution >= 4 is 39.7 Å². The summed E-state index contributed by atoms with van der Waals surface area (Å²) in [5, 5.41) is -0.577. The highest BCUT2D eigenvalue weighted by molar-refractivity contribution is 8.28. The van der Waals surface area contributed by atoms with Gasteiger partial charge >= 0.3 is 0 Å². The van der Waals surface area contributed by atoms with E-state index in [1.54, 1.807) is 4.90 Å². The van der Waals surface area contributed by atoms with Gasteiger partial charge in [0, 0.05) is 35.5 Å². The Balaban J connectivity index is 1.61. The number of carbonyl (C=O) groups excluding carboxylic acids is 1. The standard InChI is InChI=1S/C26H42Cl2FNO4S/c1-25(2,3)24(31)30(16-17-4-5-17)23-21(28)14-18(15-22(23)29)26(10-12-34-13-11-26)35(32,33)20-8-6-19(27)7-9-20/h8,17-19,21-23,32-33H,4-7,9-16H2,1-3H3. The summed E-state index contributed by atoms with van der Waals surface area (Å²) in [5.41, 5.74) is -0.618. The number of allylic oxidation sites excluding steroid dienone is 2. The topological polar surface area (TPSA) is 70.0 Å². The zero-order valence-electron chi connectivity index (χ0n) is 21.2. The zero-order valence-corrected chi connectivity index (χ0v) is 23.6. The number of rotatable bonds is 6. The molecule has 35 heavy (non-hydrogen) atoms. The lowest BCUT2D eigenvalue weighted by molar-refractivity contribution is -0.145. The van der Waals surface area contributed by atoms with Gasteiger partial charge in [-0.15, -0.1) is 23.2 Å².